The predicted octanol–water partition coefficient (Wildman–Crippen LogP) is 1.28. The van der Waals surface area contributed by atoms with Crippen LogP contribution in [-0.2, 0) is 19.1 Å². The Morgan fingerprint density at radius 3 is 2.55 bits per heavy atom. The van der Waals surface area contributed by atoms with Gasteiger partial charge in [-0.3, -0.25) is 8.98 Å². The van der Waals surface area contributed by atoms with Gasteiger partial charge in [0.25, 0.3) is 10.1 Å². The normalized spacial score (nSPS) is 24.7. The molecule has 1 aliphatic heterocycles. The average molecular weight is 354 g/mol. The van der Waals surface area contributed by atoms with Crippen LogP contribution in [0.15, 0.2) is 29.2 Å². The molecule has 2 rings (SSSR count). The molecule has 0 amide bonds. The van der Waals surface area contributed by atoms with Crippen LogP contribution in [0.2, 0.25) is 0 Å². The van der Waals surface area contributed by atoms with Gasteiger partial charge in [-0.15, -0.1) is 12.4 Å². The summed E-state index contributed by atoms with van der Waals surface area (Å²) < 4.78 is 42.9. The van der Waals surface area contributed by atoms with Crippen molar-refractivity contribution < 1.29 is 26.9 Å². The molecule has 1 heterocycles. The lowest BCUT2D eigenvalue weighted by Crippen LogP contribution is -2.33. The first kappa shape index (κ1) is 18.8. The van der Waals surface area contributed by atoms with E-state index in [4.69, 9.17) is 9.29 Å². The highest BCUT2D eigenvalue weighted by molar-refractivity contribution is 7.86. The van der Waals surface area contributed by atoms with Crippen LogP contribution < -0.4 is 5.32 Å². The van der Waals surface area contributed by atoms with Crippen molar-refractivity contribution in [2.75, 3.05) is 13.2 Å². The van der Waals surface area contributed by atoms with E-state index in [9.17, 15) is 17.6 Å². The SMILES string of the molecule is Cc1ccc(S(=O)(=O)OC[C@]2(F)CN[C@H](C(=O)O)C2)cc1.Cl. The topological polar surface area (TPSA) is 92.7 Å². The molecule has 22 heavy (non-hydrogen) atoms. The van der Waals surface area contributed by atoms with Crippen LogP contribution in [0.3, 0.4) is 0 Å². The summed E-state index contributed by atoms with van der Waals surface area (Å²) in [5, 5.41) is 11.3. The van der Waals surface area contributed by atoms with E-state index in [1.807, 2.05) is 6.92 Å². The second kappa shape index (κ2) is 6.91. The zero-order valence-corrected chi connectivity index (χ0v) is 13.4. The molecule has 1 aromatic rings. The van der Waals surface area contributed by atoms with Crippen LogP contribution in [0.25, 0.3) is 0 Å². The van der Waals surface area contributed by atoms with Crippen LogP contribution in [0.5, 0.6) is 0 Å². The maximum Gasteiger partial charge on any atom is 0.320 e. The second-order valence-electron chi connectivity index (χ2n) is 5.16. The minimum Gasteiger partial charge on any atom is -0.480 e. The van der Waals surface area contributed by atoms with Crippen molar-refractivity contribution in [3.8, 4) is 0 Å². The maximum absolute atomic E-state index is 14.3. The number of hydrogen-bond acceptors (Lipinski definition) is 5. The maximum atomic E-state index is 14.3. The number of nitrogens with one attached hydrogen (secondary N) is 1. The number of alkyl halides is 1. The number of carboxylic acid groups (broad SMARTS) is 1. The molecule has 0 aliphatic carbocycles. The minimum atomic E-state index is -4.06. The van der Waals surface area contributed by atoms with Crippen molar-refractivity contribution in [2.24, 2.45) is 0 Å². The molecule has 1 fully saturated rings. The summed E-state index contributed by atoms with van der Waals surface area (Å²) in [6.45, 7) is 0.845. The van der Waals surface area contributed by atoms with Gasteiger partial charge >= 0.3 is 5.97 Å². The first-order valence-corrected chi connectivity index (χ1v) is 7.74. The van der Waals surface area contributed by atoms with Gasteiger partial charge in [-0.25, -0.2) is 4.39 Å². The van der Waals surface area contributed by atoms with Crippen LogP contribution in [0.1, 0.15) is 12.0 Å². The van der Waals surface area contributed by atoms with Crippen LogP contribution in [0.4, 0.5) is 4.39 Å². The Bertz CT molecular complexity index is 636. The lowest BCUT2D eigenvalue weighted by Gasteiger charge is -2.17. The van der Waals surface area contributed by atoms with E-state index in [1.54, 1.807) is 12.1 Å². The Kier molecular flexibility index (Phi) is 5.91. The smallest absolute Gasteiger partial charge is 0.320 e. The summed E-state index contributed by atoms with van der Waals surface area (Å²) in [5.41, 5.74) is -1.12. The van der Waals surface area contributed by atoms with E-state index in [0.717, 1.165) is 5.56 Å². The van der Waals surface area contributed by atoms with Crippen LogP contribution >= 0.6 is 12.4 Å². The average Bonchev–Trinajstić information content (AvgIpc) is 2.81. The lowest BCUT2D eigenvalue weighted by atomic mass is 10.0. The van der Waals surface area contributed by atoms with Gasteiger partial charge in [0.1, 0.15) is 18.3 Å². The van der Waals surface area contributed by atoms with E-state index >= 15 is 0 Å². The number of benzene rings is 1. The first-order valence-electron chi connectivity index (χ1n) is 6.33. The zero-order chi connectivity index (χ0) is 15.7. The monoisotopic (exact) mass is 353 g/mol. The number of rotatable bonds is 5. The van der Waals surface area contributed by atoms with E-state index < -0.39 is 34.4 Å². The van der Waals surface area contributed by atoms with Crippen molar-refractivity contribution >= 4 is 28.5 Å². The Labute approximate surface area is 134 Å². The molecule has 0 saturated carbocycles. The number of hydrogen-bond donors (Lipinski definition) is 2. The fourth-order valence-corrected chi connectivity index (χ4v) is 3.03. The van der Waals surface area contributed by atoms with Crippen molar-refractivity contribution in [2.45, 2.75) is 30.0 Å². The third-order valence-corrected chi connectivity index (χ3v) is 4.59. The summed E-state index contributed by atoms with van der Waals surface area (Å²) in [7, 11) is -4.06. The molecule has 0 spiro atoms. The molecule has 124 valence electrons. The molecule has 1 aliphatic rings. The Balaban J connectivity index is 0.00000242. The molecule has 0 radical (unpaired) electrons. The van der Waals surface area contributed by atoms with E-state index in [1.165, 1.54) is 12.1 Å². The summed E-state index contributed by atoms with van der Waals surface area (Å²) in [6, 6.07) is 4.95. The van der Waals surface area contributed by atoms with Gasteiger partial charge in [0, 0.05) is 13.0 Å². The summed E-state index contributed by atoms with van der Waals surface area (Å²) in [5.74, 6) is -1.17. The summed E-state index contributed by atoms with van der Waals surface area (Å²) in [6.07, 6.45) is -0.328. The number of aryl methyl sites for hydroxylation is 1. The van der Waals surface area contributed by atoms with E-state index in [0.29, 0.717) is 0 Å². The fraction of sp³-hybridized carbons (Fsp3) is 0.462. The molecule has 0 unspecified atom stereocenters. The lowest BCUT2D eigenvalue weighted by molar-refractivity contribution is -0.139. The number of aliphatic carboxylic acids is 1. The zero-order valence-electron chi connectivity index (χ0n) is 11.8. The van der Waals surface area contributed by atoms with Gasteiger partial charge in [-0.1, -0.05) is 17.7 Å². The van der Waals surface area contributed by atoms with Crippen LogP contribution in [-0.4, -0.2) is 44.4 Å². The van der Waals surface area contributed by atoms with Crippen LogP contribution in [0, 0.1) is 6.92 Å². The van der Waals surface area contributed by atoms with Gasteiger partial charge < -0.3 is 10.4 Å². The van der Waals surface area contributed by atoms with Gasteiger partial charge in [-0.2, -0.15) is 8.42 Å². The third-order valence-electron chi connectivity index (χ3n) is 3.32. The van der Waals surface area contributed by atoms with Gasteiger partial charge in [0.2, 0.25) is 0 Å². The van der Waals surface area contributed by atoms with Crippen molar-refractivity contribution in [1.82, 2.24) is 5.32 Å². The van der Waals surface area contributed by atoms with Crippen molar-refractivity contribution in [3.63, 3.8) is 0 Å². The Morgan fingerprint density at radius 1 is 1.45 bits per heavy atom. The summed E-state index contributed by atoms with van der Waals surface area (Å²) in [4.78, 5) is 10.7. The molecule has 6 nitrogen and oxygen atoms in total. The highest BCUT2D eigenvalue weighted by atomic mass is 35.5. The fourth-order valence-electron chi connectivity index (χ4n) is 2.06. The van der Waals surface area contributed by atoms with Crippen molar-refractivity contribution in [1.29, 1.82) is 0 Å². The van der Waals surface area contributed by atoms with Gasteiger partial charge in [0.05, 0.1) is 4.90 Å². The largest absolute Gasteiger partial charge is 0.480 e. The molecule has 0 bridgehead atoms. The molecule has 2 atom stereocenters. The quantitative estimate of drug-likeness (QED) is 0.775. The minimum absolute atomic E-state index is 0. The highest BCUT2D eigenvalue weighted by Crippen LogP contribution is 2.26. The van der Waals surface area contributed by atoms with Crippen molar-refractivity contribution in [3.05, 3.63) is 29.8 Å². The molecule has 1 saturated heterocycles. The number of carboxylic acids is 1. The second-order valence-corrected chi connectivity index (χ2v) is 6.77. The first-order chi connectivity index (χ1) is 9.72. The van der Waals surface area contributed by atoms with E-state index in [-0.39, 0.29) is 30.3 Å². The molecular formula is C13H17ClFNO5S. The molecule has 9 heteroatoms. The molecule has 2 N–H and O–H groups in total. The molecule has 1 aromatic carbocycles. The van der Waals surface area contributed by atoms with Gasteiger partial charge in [-0.05, 0) is 19.1 Å². The predicted molar refractivity (Wildman–Crippen MR) is 79.4 cm³/mol. The Hall–Kier alpha value is -1.22. The van der Waals surface area contributed by atoms with E-state index in [2.05, 4.69) is 5.32 Å². The number of halogens is 2. The highest BCUT2D eigenvalue weighted by Gasteiger charge is 2.43. The standard InChI is InChI=1S/C13H16FNO5S.ClH/c1-9-2-4-10(5-3-9)21(18,19)20-8-13(14)6-11(12(16)17)15-7-13;/h2-5,11,15H,6-8H2,1H3,(H,16,17);1H/t11-,13+;/m0./s1. The Morgan fingerprint density at radius 2 is 2.05 bits per heavy atom. The number of carbonyl (C=O) groups is 1. The molecular weight excluding hydrogens is 337 g/mol. The summed E-state index contributed by atoms with van der Waals surface area (Å²) >= 11 is 0. The van der Waals surface area contributed by atoms with Gasteiger partial charge in [0.15, 0.2) is 0 Å². The third kappa shape index (κ3) is 4.39. The molecule has 0 aromatic heterocycles.